The summed E-state index contributed by atoms with van der Waals surface area (Å²) in [5.74, 6) is 1.97. The number of anilines is 1. The van der Waals surface area contributed by atoms with Gasteiger partial charge in [0, 0.05) is 17.7 Å². The highest BCUT2D eigenvalue weighted by Crippen LogP contribution is 2.43. The van der Waals surface area contributed by atoms with Gasteiger partial charge in [0.15, 0.2) is 17.3 Å². The Morgan fingerprint density at radius 3 is 2.37 bits per heavy atom. The van der Waals surface area contributed by atoms with E-state index in [-0.39, 0.29) is 6.03 Å². The van der Waals surface area contributed by atoms with Crippen LogP contribution in [0.5, 0.6) is 17.2 Å². The molecular weight excluding hydrogens is 452 g/mol. The highest BCUT2D eigenvalue weighted by atomic mass is 16.7. The molecule has 188 valence electrons. The van der Waals surface area contributed by atoms with E-state index in [1.54, 1.807) is 45.7 Å². The molecule has 3 rings (SSSR count). The first-order valence-corrected chi connectivity index (χ1v) is 11.3. The number of methoxy groups -OCH3 is 3. The van der Waals surface area contributed by atoms with Crippen LogP contribution >= 0.6 is 0 Å². The zero-order valence-corrected chi connectivity index (χ0v) is 20.5. The van der Waals surface area contributed by atoms with E-state index in [0.717, 1.165) is 30.4 Å². The standard InChI is InChI=1S/C25H32N4O6/c1-31-21-14-18(15-22(32-2)24(21)33-3)23-20(16-28-35-23)17-9-8-10-19(13-17)29(34-4)25(30)27-12-7-5-6-11-26/h8-10,13-16H,5-7,11-12,26H2,1-4H3,(H,27,30). The number of rotatable bonds is 12. The maximum atomic E-state index is 12.7. The van der Waals surface area contributed by atoms with Gasteiger partial charge in [-0.2, -0.15) is 5.06 Å². The van der Waals surface area contributed by atoms with Crippen molar-refractivity contribution in [1.82, 2.24) is 10.5 Å². The van der Waals surface area contributed by atoms with Gasteiger partial charge in [-0.3, -0.25) is 4.84 Å². The van der Waals surface area contributed by atoms with E-state index in [1.165, 1.54) is 12.2 Å². The summed E-state index contributed by atoms with van der Waals surface area (Å²) in [5.41, 5.74) is 8.27. The number of hydrogen-bond donors (Lipinski definition) is 2. The lowest BCUT2D eigenvalue weighted by molar-refractivity contribution is 0.163. The fourth-order valence-electron chi connectivity index (χ4n) is 3.68. The Labute approximate surface area is 204 Å². The minimum absolute atomic E-state index is 0.354. The third kappa shape index (κ3) is 6.03. The summed E-state index contributed by atoms with van der Waals surface area (Å²) in [6.45, 7) is 1.18. The number of hydroxylamine groups is 1. The Balaban J connectivity index is 1.89. The van der Waals surface area contributed by atoms with Crippen LogP contribution < -0.4 is 30.3 Å². The maximum Gasteiger partial charge on any atom is 0.346 e. The van der Waals surface area contributed by atoms with E-state index >= 15 is 0 Å². The van der Waals surface area contributed by atoms with Crippen molar-refractivity contribution >= 4 is 11.7 Å². The summed E-state index contributed by atoms with van der Waals surface area (Å²) in [6, 6.07) is 10.6. The molecule has 1 heterocycles. The van der Waals surface area contributed by atoms with Crippen LogP contribution in [-0.4, -0.2) is 52.7 Å². The molecule has 10 heteroatoms. The van der Waals surface area contributed by atoms with Gasteiger partial charge in [-0.15, -0.1) is 0 Å². The number of carbonyl (C=O) groups is 1. The fourth-order valence-corrected chi connectivity index (χ4v) is 3.68. The fraction of sp³-hybridized carbons (Fsp3) is 0.360. The summed E-state index contributed by atoms with van der Waals surface area (Å²) < 4.78 is 21.9. The molecule has 3 N–H and O–H groups in total. The van der Waals surface area contributed by atoms with Crippen molar-refractivity contribution in [2.45, 2.75) is 19.3 Å². The number of unbranched alkanes of at least 4 members (excludes halogenated alkanes) is 2. The number of ether oxygens (including phenoxy) is 3. The monoisotopic (exact) mass is 484 g/mol. The van der Waals surface area contributed by atoms with Crippen molar-refractivity contribution < 1.29 is 28.4 Å². The first-order valence-electron chi connectivity index (χ1n) is 11.3. The molecular formula is C25H32N4O6. The highest BCUT2D eigenvalue weighted by Gasteiger charge is 2.21. The molecule has 0 unspecified atom stereocenters. The molecule has 2 amide bonds. The van der Waals surface area contributed by atoms with Gasteiger partial charge in [-0.25, -0.2) is 4.79 Å². The van der Waals surface area contributed by atoms with E-state index in [0.29, 0.717) is 47.3 Å². The van der Waals surface area contributed by atoms with Crippen molar-refractivity contribution in [2.24, 2.45) is 5.73 Å². The largest absolute Gasteiger partial charge is 0.493 e. The van der Waals surface area contributed by atoms with Gasteiger partial charge in [-0.05, 0) is 49.2 Å². The lowest BCUT2D eigenvalue weighted by Gasteiger charge is -2.21. The van der Waals surface area contributed by atoms with Crippen LogP contribution in [0.3, 0.4) is 0 Å². The second-order valence-electron chi connectivity index (χ2n) is 7.59. The predicted octanol–water partition coefficient (Wildman–Crippen LogP) is 4.24. The molecule has 2 aromatic carbocycles. The summed E-state index contributed by atoms with van der Waals surface area (Å²) in [7, 11) is 6.09. The van der Waals surface area contributed by atoms with Crippen molar-refractivity contribution in [2.75, 3.05) is 46.6 Å². The Bertz CT molecular complexity index is 1090. The number of carbonyl (C=O) groups excluding carboxylic acids is 1. The Morgan fingerprint density at radius 1 is 1.00 bits per heavy atom. The quantitative estimate of drug-likeness (QED) is 0.289. The van der Waals surface area contributed by atoms with Gasteiger partial charge < -0.3 is 29.8 Å². The molecule has 0 fully saturated rings. The number of nitrogens with zero attached hydrogens (tertiary/aromatic N) is 2. The Morgan fingerprint density at radius 2 is 1.74 bits per heavy atom. The molecule has 10 nitrogen and oxygen atoms in total. The van der Waals surface area contributed by atoms with Gasteiger partial charge in [-0.1, -0.05) is 23.7 Å². The second-order valence-corrected chi connectivity index (χ2v) is 7.59. The maximum absolute atomic E-state index is 12.7. The lowest BCUT2D eigenvalue weighted by Crippen LogP contribution is -2.39. The number of nitrogens with two attached hydrogens (primary N) is 1. The van der Waals surface area contributed by atoms with Gasteiger partial charge in [0.05, 0.1) is 40.3 Å². The average molecular weight is 485 g/mol. The van der Waals surface area contributed by atoms with Crippen LogP contribution in [0.4, 0.5) is 10.5 Å². The SMILES string of the molecule is COc1cc(-c2oncc2-c2cccc(N(OC)C(=O)NCCCCCN)c2)cc(OC)c1OC. The first kappa shape index (κ1) is 25.9. The Kier molecular flexibility index (Phi) is 9.33. The molecule has 0 aliphatic heterocycles. The summed E-state index contributed by atoms with van der Waals surface area (Å²) in [4.78, 5) is 18.1. The summed E-state index contributed by atoms with van der Waals surface area (Å²) in [5, 5.41) is 8.08. The van der Waals surface area contributed by atoms with Gasteiger partial charge in [0.1, 0.15) is 0 Å². The number of amides is 2. The minimum atomic E-state index is -0.354. The van der Waals surface area contributed by atoms with Crippen molar-refractivity contribution in [1.29, 1.82) is 0 Å². The van der Waals surface area contributed by atoms with Gasteiger partial charge in [0.2, 0.25) is 5.75 Å². The molecule has 0 atom stereocenters. The van der Waals surface area contributed by atoms with Gasteiger partial charge in [0.25, 0.3) is 0 Å². The smallest absolute Gasteiger partial charge is 0.346 e. The number of nitrogens with one attached hydrogen (secondary N) is 1. The topological polar surface area (TPSA) is 121 Å². The normalized spacial score (nSPS) is 10.7. The molecule has 0 bridgehead atoms. The van der Waals surface area contributed by atoms with Crippen LogP contribution in [0.15, 0.2) is 47.1 Å². The van der Waals surface area contributed by atoms with Crippen LogP contribution in [-0.2, 0) is 4.84 Å². The number of urea groups is 1. The molecule has 0 aliphatic rings. The van der Waals surface area contributed by atoms with Crippen molar-refractivity contribution in [3.8, 4) is 39.7 Å². The highest BCUT2D eigenvalue weighted by molar-refractivity contribution is 5.91. The molecule has 0 saturated heterocycles. The molecule has 0 spiro atoms. The minimum Gasteiger partial charge on any atom is -0.493 e. The number of benzene rings is 2. The molecule has 35 heavy (non-hydrogen) atoms. The molecule has 3 aromatic rings. The van der Waals surface area contributed by atoms with Crippen molar-refractivity contribution in [3.63, 3.8) is 0 Å². The molecule has 0 radical (unpaired) electrons. The third-order valence-electron chi connectivity index (χ3n) is 5.41. The van der Waals surface area contributed by atoms with E-state index in [9.17, 15) is 4.79 Å². The number of aromatic nitrogens is 1. The predicted molar refractivity (Wildman–Crippen MR) is 133 cm³/mol. The van der Waals surface area contributed by atoms with Crippen LogP contribution in [0.1, 0.15) is 19.3 Å². The van der Waals surface area contributed by atoms with E-state index in [4.69, 9.17) is 29.3 Å². The van der Waals surface area contributed by atoms with E-state index < -0.39 is 0 Å². The average Bonchev–Trinajstić information content (AvgIpc) is 3.38. The Hall–Kier alpha value is -3.76. The van der Waals surface area contributed by atoms with E-state index in [2.05, 4.69) is 10.5 Å². The van der Waals surface area contributed by atoms with Gasteiger partial charge >= 0.3 is 6.03 Å². The van der Waals surface area contributed by atoms with Crippen molar-refractivity contribution in [3.05, 3.63) is 42.6 Å². The van der Waals surface area contributed by atoms with Crippen LogP contribution in [0, 0.1) is 0 Å². The second kappa shape index (κ2) is 12.6. The number of hydrogen-bond acceptors (Lipinski definition) is 8. The molecule has 0 saturated carbocycles. The van der Waals surface area contributed by atoms with E-state index in [1.807, 2.05) is 18.2 Å². The zero-order valence-electron chi connectivity index (χ0n) is 20.5. The summed E-state index contributed by atoms with van der Waals surface area (Å²) >= 11 is 0. The van der Waals surface area contributed by atoms with Crippen LogP contribution in [0.2, 0.25) is 0 Å². The molecule has 1 aromatic heterocycles. The summed E-state index contributed by atoms with van der Waals surface area (Å²) in [6.07, 6.45) is 4.35. The zero-order chi connectivity index (χ0) is 25.2. The van der Waals surface area contributed by atoms with Crippen LogP contribution in [0.25, 0.3) is 22.5 Å². The first-order chi connectivity index (χ1) is 17.1. The lowest BCUT2D eigenvalue weighted by atomic mass is 10.0. The third-order valence-corrected chi connectivity index (χ3v) is 5.41. The molecule has 0 aliphatic carbocycles.